The van der Waals surface area contributed by atoms with E-state index in [1.165, 1.54) is 12.0 Å². The molecule has 3 heteroatoms. The summed E-state index contributed by atoms with van der Waals surface area (Å²) in [7, 11) is 0. The molecule has 2 aromatic rings. The first-order valence-electron chi connectivity index (χ1n) is 7.52. The van der Waals surface area contributed by atoms with Crippen LogP contribution in [0.2, 0.25) is 0 Å². The van der Waals surface area contributed by atoms with Crippen molar-refractivity contribution in [1.82, 2.24) is 0 Å². The van der Waals surface area contributed by atoms with Crippen LogP contribution in [0.3, 0.4) is 0 Å². The number of rotatable bonds is 6. The molecule has 0 radical (unpaired) electrons. The van der Waals surface area contributed by atoms with Gasteiger partial charge in [-0.25, -0.2) is 0 Å². The molecule has 3 nitrogen and oxygen atoms in total. The zero-order chi connectivity index (χ0) is 16.2. The molecule has 0 fully saturated rings. The summed E-state index contributed by atoms with van der Waals surface area (Å²) >= 11 is 0. The predicted octanol–water partition coefficient (Wildman–Crippen LogP) is 4.70. The van der Waals surface area contributed by atoms with Crippen molar-refractivity contribution in [3.8, 4) is 11.5 Å². The molecule has 0 heterocycles. The van der Waals surface area contributed by atoms with E-state index < -0.39 is 0 Å². The molecule has 0 amide bonds. The number of para-hydroxylation sites is 1. The van der Waals surface area contributed by atoms with Gasteiger partial charge < -0.3 is 9.47 Å². The number of carbonyl (C=O) groups is 1. The van der Waals surface area contributed by atoms with E-state index in [4.69, 9.17) is 4.74 Å². The molecule has 22 heavy (non-hydrogen) atoms. The number of hydrogen-bond acceptors (Lipinski definition) is 3. The Kier molecular flexibility index (Phi) is 8.43. The quantitative estimate of drug-likeness (QED) is 0.573. The van der Waals surface area contributed by atoms with Gasteiger partial charge in [-0.3, -0.25) is 4.79 Å². The molecule has 0 spiro atoms. The molecule has 0 unspecified atom stereocenters. The van der Waals surface area contributed by atoms with Crippen LogP contribution in [-0.2, 0) is 4.79 Å². The lowest BCUT2D eigenvalue weighted by Crippen LogP contribution is -1.95. The van der Waals surface area contributed by atoms with E-state index >= 15 is 0 Å². The highest BCUT2D eigenvalue weighted by atomic mass is 16.5. The molecule has 0 saturated carbocycles. The third-order valence-electron chi connectivity index (χ3n) is 3.17. The Morgan fingerprint density at radius 1 is 0.955 bits per heavy atom. The SMILES string of the molecule is CCCCOc1ccccc1.Cc1ccc(OC=O)cc1C. The van der Waals surface area contributed by atoms with Gasteiger partial charge in [0.2, 0.25) is 0 Å². The first-order valence-corrected chi connectivity index (χ1v) is 7.52. The zero-order valence-electron chi connectivity index (χ0n) is 13.5. The fraction of sp³-hybridized carbons (Fsp3) is 0.316. The summed E-state index contributed by atoms with van der Waals surface area (Å²) in [4.78, 5) is 9.95. The molecule has 0 saturated heterocycles. The van der Waals surface area contributed by atoms with Crippen LogP contribution in [0.15, 0.2) is 48.5 Å². The minimum Gasteiger partial charge on any atom is -0.494 e. The van der Waals surface area contributed by atoms with E-state index in [1.54, 1.807) is 6.07 Å². The number of carbonyl (C=O) groups excluding carboxylic acids is 1. The van der Waals surface area contributed by atoms with Crippen LogP contribution in [0.5, 0.6) is 11.5 Å². The van der Waals surface area contributed by atoms with Crippen molar-refractivity contribution in [2.45, 2.75) is 33.6 Å². The third-order valence-corrected chi connectivity index (χ3v) is 3.17. The molecule has 0 aliphatic rings. The number of aryl methyl sites for hydroxylation is 2. The van der Waals surface area contributed by atoms with Gasteiger partial charge in [-0.05, 0) is 55.7 Å². The maximum atomic E-state index is 9.95. The van der Waals surface area contributed by atoms with Crippen LogP contribution in [0, 0.1) is 13.8 Å². The molecule has 0 N–H and O–H groups in total. The number of hydrogen-bond donors (Lipinski definition) is 0. The van der Waals surface area contributed by atoms with Crippen molar-refractivity contribution < 1.29 is 14.3 Å². The zero-order valence-corrected chi connectivity index (χ0v) is 13.5. The monoisotopic (exact) mass is 300 g/mol. The van der Waals surface area contributed by atoms with Gasteiger partial charge in [0.1, 0.15) is 11.5 Å². The molecule has 0 aliphatic heterocycles. The summed E-state index contributed by atoms with van der Waals surface area (Å²) in [5.74, 6) is 1.57. The van der Waals surface area contributed by atoms with E-state index in [9.17, 15) is 4.79 Å². The third kappa shape index (κ3) is 6.93. The van der Waals surface area contributed by atoms with E-state index in [-0.39, 0.29) is 0 Å². The molecular formula is C19H24O3. The Morgan fingerprint density at radius 3 is 2.27 bits per heavy atom. The molecular weight excluding hydrogens is 276 g/mol. The number of benzene rings is 2. The first kappa shape index (κ1) is 17.8. The highest BCUT2D eigenvalue weighted by Crippen LogP contribution is 2.15. The molecule has 2 rings (SSSR count). The Morgan fingerprint density at radius 2 is 1.68 bits per heavy atom. The molecule has 0 bridgehead atoms. The molecule has 0 aromatic heterocycles. The standard InChI is InChI=1S/C10H14O.C9H10O2/c1-2-3-9-11-10-7-5-4-6-8-10;1-7-3-4-9(11-6-10)5-8(7)2/h4-8H,2-3,9H2,1H3;3-6H,1-2H3. The second kappa shape index (κ2) is 10.4. The van der Waals surface area contributed by atoms with Gasteiger partial charge in [-0.2, -0.15) is 0 Å². The number of unbranched alkanes of at least 4 members (excludes halogenated alkanes) is 1. The van der Waals surface area contributed by atoms with Crippen LogP contribution in [0.4, 0.5) is 0 Å². The summed E-state index contributed by atoms with van der Waals surface area (Å²) in [6, 6.07) is 15.5. The van der Waals surface area contributed by atoms with Gasteiger partial charge in [-0.1, -0.05) is 37.6 Å². The lowest BCUT2D eigenvalue weighted by molar-refractivity contribution is -0.120. The van der Waals surface area contributed by atoms with Crippen LogP contribution in [0.1, 0.15) is 30.9 Å². The minimum absolute atomic E-state index is 0.435. The van der Waals surface area contributed by atoms with Crippen LogP contribution < -0.4 is 9.47 Å². The first-order chi connectivity index (χ1) is 10.7. The summed E-state index contributed by atoms with van der Waals surface area (Å²) in [5, 5.41) is 0. The average Bonchev–Trinajstić information content (AvgIpc) is 2.53. The Bertz CT molecular complexity index is 550. The Labute approximate surface area is 132 Å². The molecule has 0 aliphatic carbocycles. The minimum atomic E-state index is 0.435. The fourth-order valence-corrected chi connectivity index (χ4v) is 1.69. The smallest absolute Gasteiger partial charge is 0.298 e. The molecule has 118 valence electrons. The summed E-state index contributed by atoms with van der Waals surface area (Å²) < 4.78 is 10.1. The second-order valence-corrected chi connectivity index (χ2v) is 4.98. The highest BCUT2D eigenvalue weighted by Gasteiger charge is 1.95. The maximum absolute atomic E-state index is 9.95. The van der Waals surface area contributed by atoms with Gasteiger partial charge in [0.15, 0.2) is 0 Å². The van der Waals surface area contributed by atoms with E-state index in [1.807, 2.05) is 56.3 Å². The topological polar surface area (TPSA) is 35.5 Å². The molecule has 2 aromatic carbocycles. The van der Waals surface area contributed by atoms with Crippen molar-refractivity contribution in [3.63, 3.8) is 0 Å². The van der Waals surface area contributed by atoms with Gasteiger partial charge in [0.05, 0.1) is 6.61 Å². The van der Waals surface area contributed by atoms with Crippen molar-refractivity contribution in [3.05, 3.63) is 59.7 Å². The summed E-state index contributed by atoms with van der Waals surface area (Å²) in [6.45, 7) is 7.42. The lowest BCUT2D eigenvalue weighted by atomic mass is 10.1. The highest BCUT2D eigenvalue weighted by molar-refractivity contribution is 5.46. The lowest BCUT2D eigenvalue weighted by Gasteiger charge is -2.03. The number of ether oxygens (including phenoxy) is 2. The van der Waals surface area contributed by atoms with Crippen molar-refractivity contribution in [1.29, 1.82) is 0 Å². The Balaban J connectivity index is 0.000000220. The predicted molar refractivity (Wildman–Crippen MR) is 89.5 cm³/mol. The summed E-state index contributed by atoms with van der Waals surface area (Å²) in [6.07, 6.45) is 2.32. The van der Waals surface area contributed by atoms with Crippen LogP contribution >= 0.6 is 0 Å². The second-order valence-electron chi connectivity index (χ2n) is 4.98. The summed E-state index contributed by atoms with van der Waals surface area (Å²) in [5.41, 5.74) is 2.33. The largest absolute Gasteiger partial charge is 0.494 e. The average molecular weight is 300 g/mol. The van der Waals surface area contributed by atoms with E-state index in [0.29, 0.717) is 12.2 Å². The fourth-order valence-electron chi connectivity index (χ4n) is 1.69. The van der Waals surface area contributed by atoms with Gasteiger partial charge in [0, 0.05) is 0 Å². The van der Waals surface area contributed by atoms with Gasteiger partial charge in [0.25, 0.3) is 6.47 Å². The van der Waals surface area contributed by atoms with Crippen molar-refractivity contribution in [2.75, 3.05) is 6.61 Å². The van der Waals surface area contributed by atoms with Gasteiger partial charge in [-0.15, -0.1) is 0 Å². The van der Waals surface area contributed by atoms with E-state index in [0.717, 1.165) is 24.3 Å². The van der Waals surface area contributed by atoms with Crippen molar-refractivity contribution in [2.24, 2.45) is 0 Å². The maximum Gasteiger partial charge on any atom is 0.298 e. The van der Waals surface area contributed by atoms with E-state index in [2.05, 4.69) is 11.7 Å². The normalized spacial score (nSPS) is 9.41. The van der Waals surface area contributed by atoms with Gasteiger partial charge >= 0.3 is 0 Å². The van der Waals surface area contributed by atoms with Crippen LogP contribution in [-0.4, -0.2) is 13.1 Å². The molecule has 0 atom stereocenters. The Hall–Kier alpha value is -2.29. The van der Waals surface area contributed by atoms with Crippen LogP contribution in [0.25, 0.3) is 0 Å². The van der Waals surface area contributed by atoms with Crippen molar-refractivity contribution >= 4 is 6.47 Å².